The summed E-state index contributed by atoms with van der Waals surface area (Å²) in [6, 6.07) is 12.4. The molecule has 0 unspecified atom stereocenters. The Morgan fingerprint density at radius 1 is 1.08 bits per heavy atom. The molecule has 5 rings (SSSR count). The van der Waals surface area contributed by atoms with Gasteiger partial charge in [0.1, 0.15) is 0 Å². The highest BCUT2D eigenvalue weighted by Gasteiger charge is 2.17. The minimum Gasteiger partial charge on any atom is -0.381 e. The van der Waals surface area contributed by atoms with Crippen molar-refractivity contribution in [2.75, 3.05) is 18.5 Å². The Balaban J connectivity index is 1.45. The molecule has 0 bridgehead atoms. The Kier molecular flexibility index (Phi) is 3.84. The number of aromatic amines is 2. The second-order valence-electron chi connectivity index (χ2n) is 6.77. The van der Waals surface area contributed by atoms with E-state index >= 15 is 0 Å². The van der Waals surface area contributed by atoms with Gasteiger partial charge in [-0.25, -0.2) is 4.98 Å². The van der Waals surface area contributed by atoms with Crippen LogP contribution in [-0.4, -0.2) is 28.2 Å². The number of nitrogens with zero attached hydrogens (tertiary/aromatic N) is 1. The van der Waals surface area contributed by atoms with Gasteiger partial charge in [-0.2, -0.15) is 0 Å². The van der Waals surface area contributed by atoms with Crippen LogP contribution >= 0.6 is 11.6 Å². The average molecular weight is 367 g/mol. The summed E-state index contributed by atoms with van der Waals surface area (Å²) < 4.78 is 5.47. The van der Waals surface area contributed by atoms with Gasteiger partial charge in [-0.05, 0) is 54.7 Å². The minimum absolute atomic E-state index is 0.571. The molecule has 2 aromatic carbocycles. The van der Waals surface area contributed by atoms with Crippen molar-refractivity contribution in [3.05, 3.63) is 53.2 Å². The van der Waals surface area contributed by atoms with Crippen molar-refractivity contribution in [3.63, 3.8) is 0 Å². The number of rotatable bonds is 3. The number of hydrogen-bond donors (Lipinski definition) is 3. The molecule has 6 heteroatoms. The summed E-state index contributed by atoms with van der Waals surface area (Å²) in [4.78, 5) is 11.2. The van der Waals surface area contributed by atoms with Crippen molar-refractivity contribution in [3.8, 4) is 0 Å². The molecule has 1 aliphatic rings. The molecule has 26 heavy (non-hydrogen) atoms. The minimum atomic E-state index is 0.571. The highest BCUT2D eigenvalue weighted by molar-refractivity contribution is 6.35. The molecule has 3 N–H and O–H groups in total. The first kappa shape index (κ1) is 15.7. The molecule has 0 spiro atoms. The summed E-state index contributed by atoms with van der Waals surface area (Å²) in [6.07, 6.45) is 4.05. The number of imidazole rings is 1. The summed E-state index contributed by atoms with van der Waals surface area (Å²) >= 11 is 6.35. The Morgan fingerprint density at radius 2 is 1.96 bits per heavy atom. The number of H-pyrrole nitrogens is 2. The van der Waals surface area contributed by atoms with Crippen molar-refractivity contribution in [2.24, 2.45) is 0 Å². The number of benzene rings is 2. The van der Waals surface area contributed by atoms with Gasteiger partial charge in [0.2, 0.25) is 5.95 Å². The Morgan fingerprint density at radius 3 is 2.85 bits per heavy atom. The molecule has 1 saturated heterocycles. The summed E-state index contributed by atoms with van der Waals surface area (Å²) in [6.45, 7) is 1.70. The van der Waals surface area contributed by atoms with Crippen LogP contribution in [0.25, 0.3) is 21.9 Å². The van der Waals surface area contributed by atoms with Gasteiger partial charge in [-0.3, -0.25) is 0 Å². The van der Waals surface area contributed by atoms with Crippen LogP contribution in [-0.2, 0) is 4.74 Å². The molecular weight excluding hydrogens is 348 g/mol. The van der Waals surface area contributed by atoms with Crippen LogP contribution in [0.2, 0.25) is 5.02 Å². The van der Waals surface area contributed by atoms with Crippen molar-refractivity contribution in [1.29, 1.82) is 0 Å². The molecule has 132 valence electrons. The van der Waals surface area contributed by atoms with E-state index in [1.54, 1.807) is 0 Å². The monoisotopic (exact) mass is 366 g/mol. The van der Waals surface area contributed by atoms with Crippen LogP contribution in [0.4, 0.5) is 11.6 Å². The number of halogens is 1. The topological polar surface area (TPSA) is 65.7 Å². The van der Waals surface area contributed by atoms with Gasteiger partial charge in [-0.1, -0.05) is 17.7 Å². The Labute approximate surface area is 155 Å². The second kappa shape index (κ2) is 6.34. The molecule has 3 heterocycles. The van der Waals surface area contributed by atoms with E-state index in [4.69, 9.17) is 16.3 Å². The van der Waals surface area contributed by atoms with E-state index < -0.39 is 0 Å². The third-order valence-electron chi connectivity index (χ3n) is 5.08. The van der Waals surface area contributed by atoms with Gasteiger partial charge < -0.3 is 20.0 Å². The lowest BCUT2D eigenvalue weighted by Gasteiger charge is -2.22. The molecule has 2 aromatic heterocycles. The molecular formula is C20H19ClN4O. The maximum Gasteiger partial charge on any atom is 0.205 e. The number of fused-ring (bicyclic) bond motifs is 2. The van der Waals surface area contributed by atoms with E-state index in [0.29, 0.717) is 16.9 Å². The fraction of sp³-hybridized carbons (Fsp3) is 0.250. The van der Waals surface area contributed by atoms with E-state index in [-0.39, 0.29) is 0 Å². The van der Waals surface area contributed by atoms with E-state index in [2.05, 4.69) is 38.5 Å². The van der Waals surface area contributed by atoms with Gasteiger partial charge in [0.05, 0.1) is 16.1 Å². The van der Waals surface area contributed by atoms with Crippen LogP contribution in [0.5, 0.6) is 0 Å². The molecule has 0 amide bonds. The SMILES string of the molecule is Clc1cc(Nc2nc3ccc(C4CCOCC4)cc3[nH]2)cc2[nH]ccc12. The number of aromatic nitrogens is 3. The largest absolute Gasteiger partial charge is 0.381 e. The quantitative estimate of drug-likeness (QED) is 0.458. The lowest BCUT2D eigenvalue weighted by atomic mass is 9.91. The number of anilines is 2. The van der Waals surface area contributed by atoms with Gasteiger partial charge >= 0.3 is 0 Å². The van der Waals surface area contributed by atoms with Crippen LogP contribution in [0.1, 0.15) is 24.3 Å². The highest BCUT2D eigenvalue weighted by atomic mass is 35.5. The fourth-order valence-corrected chi connectivity index (χ4v) is 3.98. The fourth-order valence-electron chi connectivity index (χ4n) is 3.70. The zero-order valence-corrected chi connectivity index (χ0v) is 14.9. The predicted octanol–water partition coefficient (Wildman–Crippen LogP) is 5.34. The van der Waals surface area contributed by atoms with Crippen LogP contribution in [0.15, 0.2) is 42.6 Å². The normalized spacial score (nSPS) is 15.7. The lowest BCUT2D eigenvalue weighted by molar-refractivity contribution is 0.0853. The Bertz CT molecular complexity index is 1080. The van der Waals surface area contributed by atoms with Crippen LogP contribution < -0.4 is 5.32 Å². The van der Waals surface area contributed by atoms with Crippen LogP contribution in [0.3, 0.4) is 0 Å². The van der Waals surface area contributed by atoms with E-state index in [1.165, 1.54) is 5.56 Å². The number of ether oxygens (including phenoxy) is 1. The number of hydrogen-bond acceptors (Lipinski definition) is 3. The van der Waals surface area contributed by atoms with Gasteiger partial charge in [0.25, 0.3) is 0 Å². The molecule has 4 aromatic rings. The second-order valence-corrected chi connectivity index (χ2v) is 7.18. The molecule has 0 saturated carbocycles. The summed E-state index contributed by atoms with van der Waals surface area (Å²) in [5.74, 6) is 1.29. The first-order valence-corrected chi connectivity index (χ1v) is 9.25. The molecule has 1 aliphatic heterocycles. The van der Waals surface area contributed by atoms with Gasteiger partial charge in [0.15, 0.2) is 0 Å². The van der Waals surface area contributed by atoms with Gasteiger partial charge in [0, 0.05) is 36.0 Å². The van der Waals surface area contributed by atoms with E-state index in [0.717, 1.165) is 53.7 Å². The van der Waals surface area contributed by atoms with Gasteiger partial charge in [-0.15, -0.1) is 0 Å². The zero-order chi connectivity index (χ0) is 17.5. The molecule has 0 radical (unpaired) electrons. The highest BCUT2D eigenvalue weighted by Crippen LogP contribution is 2.31. The zero-order valence-electron chi connectivity index (χ0n) is 14.2. The summed E-state index contributed by atoms with van der Waals surface area (Å²) in [5.41, 5.74) is 5.25. The van der Waals surface area contributed by atoms with Crippen molar-refractivity contribution in [2.45, 2.75) is 18.8 Å². The molecule has 5 nitrogen and oxygen atoms in total. The standard InChI is InChI=1S/C20H19ClN4O/c21-16-10-14(11-18-15(16)3-6-22-18)23-20-24-17-2-1-13(9-19(17)25-20)12-4-7-26-8-5-12/h1-3,6,9-12,22H,4-5,7-8H2,(H2,23,24,25). The first-order valence-electron chi connectivity index (χ1n) is 8.87. The third kappa shape index (κ3) is 2.83. The van der Waals surface area contributed by atoms with Crippen molar-refractivity contribution in [1.82, 2.24) is 15.0 Å². The molecule has 0 aliphatic carbocycles. The number of nitrogens with one attached hydrogen (secondary N) is 3. The smallest absolute Gasteiger partial charge is 0.205 e. The van der Waals surface area contributed by atoms with Crippen molar-refractivity contribution < 1.29 is 4.74 Å². The predicted molar refractivity (Wildman–Crippen MR) is 105 cm³/mol. The van der Waals surface area contributed by atoms with E-state index in [9.17, 15) is 0 Å². The summed E-state index contributed by atoms with van der Waals surface area (Å²) in [5, 5.41) is 5.05. The Hall–Kier alpha value is -2.50. The first-order chi connectivity index (χ1) is 12.8. The molecule has 1 fully saturated rings. The summed E-state index contributed by atoms with van der Waals surface area (Å²) in [7, 11) is 0. The van der Waals surface area contributed by atoms with Crippen LogP contribution in [0, 0.1) is 0 Å². The third-order valence-corrected chi connectivity index (χ3v) is 5.39. The maximum atomic E-state index is 6.35. The van der Waals surface area contributed by atoms with E-state index in [1.807, 2.05) is 24.4 Å². The molecule has 0 atom stereocenters. The van der Waals surface area contributed by atoms with Crippen molar-refractivity contribution >= 4 is 45.2 Å². The average Bonchev–Trinajstić information content (AvgIpc) is 3.28. The lowest BCUT2D eigenvalue weighted by Crippen LogP contribution is -2.13. The maximum absolute atomic E-state index is 6.35.